The lowest BCUT2D eigenvalue weighted by molar-refractivity contribution is -0.139. The third kappa shape index (κ3) is 4.47. The van der Waals surface area contributed by atoms with Gasteiger partial charge in [-0.05, 0) is 48.4 Å². The Morgan fingerprint density at radius 2 is 1.68 bits per heavy atom. The largest absolute Gasteiger partial charge is 0.335 e. The normalized spacial score (nSPS) is 17.6. The van der Waals surface area contributed by atoms with Gasteiger partial charge in [-0.1, -0.05) is 54.1 Å². The zero-order valence-electron chi connectivity index (χ0n) is 19.3. The summed E-state index contributed by atoms with van der Waals surface area (Å²) in [5.74, 6) is -1.41. The van der Waals surface area contributed by atoms with Crippen LogP contribution in [0.1, 0.15) is 18.1 Å². The van der Waals surface area contributed by atoms with E-state index in [1.807, 2.05) is 55.5 Å². The Morgan fingerprint density at radius 1 is 1.00 bits per heavy atom. The number of nitrogens with zero attached hydrogens (tertiary/aromatic N) is 2. The summed E-state index contributed by atoms with van der Waals surface area (Å²) in [7, 11) is 1.46. The average molecular weight is 459 g/mol. The SMILES string of the molecule is Cc1ccc(NC(=O)CN(C)C(=O)CN2C(=O)NC(C)(c3ccc4ccccc4c3)C2=O)cc1. The molecule has 5 amide bonds. The van der Waals surface area contributed by atoms with Gasteiger partial charge in [-0.15, -0.1) is 0 Å². The number of rotatable bonds is 6. The molecule has 8 nitrogen and oxygen atoms in total. The first-order valence-electron chi connectivity index (χ1n) is 10.9. The summed E-state index contributed by atoms with van der Waals surface area (Å²) in [6, 6.07) is 19.9. The minimum atomic E-state index is -1.29. The van der Waals surface area contributed by atoms with Gasteiger partial charge in [0.2, 0.25) is 11.8 Å². The zero-order valence-corrected chi connectivity index (χ0v) is 19.3. The molecule has 1 aliphatic rings. The molecular formula is C26H26N4O4. The molecule has 1 unspecified atom stereocenters. The first-order chi connectivity index (χ1) is 16.2. The maximum Gasteiger partial charge on any atom is 0.325 e. The van der Waals surface area contributed by atoms with Crippen LogP contribution in [-0.2, 0) is 19.9 Å². The number of hydrogen-bond donors (Lipinski definition) is 2. The molecule has 4 rings (SSSR count). The van der Waals surface area contributed by atoms with E-state index in [0.29, 0.717) is 11.3 Å². The highest BCUT2D eigenvalue weighted by atomic mass is 16.2. The molecular weight excluding hydrogens is 432 g/mol. The summed E-state index contributed by atoms with van der Waals surface area (Å²) in [5, 5.41) is 7.40. The van der Waals surface area contributed by atoms with Crippen molar-refractivity contribution in [2.24, 2.45) is 0 Å². The Kier molecular flexibility index (Phi) is 6.06. The number of carbonyl (C=O) groups is 4. The van der Waals surface area contributed by atoms with Gasteiger partial charge in [0.1, 0.15) is 12.1 Å². The fourth-order valence-electron chi connectivity index (χ4n) is 3.93. The van der Waals surface area contributed by atoms with Gasteiger partial charge in [-0.2, -0.15) is 0 Å². The molecule has 3 aromatic rings. The van der Waals surface area contributed by atoms with Crippen molar-refractivity contribution in [3.63, 3.8) is 0 Å². The van der Waals surface area contributed by atoms with E-state index in [-0.39, 0.29) is 12.5 Å². The first-order valence-corrected chi connectivity index (χ1v) is 10.9. The molecule has 1 saturated heterocycles. The number of anilines is 1. The van der Waals surface area contributed by atoms with Gasteiger partial charge < -0.3 is 15.5 Å². The molecule has 1 fully saturated rings. The van der Waals surface area contributed by atoms with Crippen LogP contribution in [0.2, 0.25) is 0 Å². The van der Waals surface area contributed by atoms with Crippen LogP contribution < -0.4 is 10.6 Å². The van der Waals surface area contributed by atoms with Crippen molar-refractivity contribution in [2.75, 3.05) is 25.5 Å². The molecule has 0 saturated carbocycles. The van der Waals surface area contributed by atoms with Crippen molar-refractivity contribution in [3.8, 4) is 0 Å². The summed E-state index contributed by atoms with van der Waals surface area (Å²) >= 11 is 0. The van der Waals surface area contributed by atoms with Crippen LogP contribution >= 0.6 is 0 Å². The number of nitrogens with one attached hydrogen (secondary N) is 2. The predicted octanol–water partition coefficient (Wildman–Crippen LogP) is 3.01. The van der Waals surface area contributed by atoms with Crippen LogP contribution in [0.5, 0.6) is 0 Å². The van der Waals surface area contributed by atoms with E-state index < -0.39 is 29.9 Å². The van der Waals surface area contributed by atoms with Gasteiger partial charge in [0.05, 0.1) is 6.54 Å². The van der Waals surface area contributed by atoms with E-state index in [4.69, 9.17) is 0 Å². The van der Waals surface area contributed by atoms with E-state index in [0.717, 1.165) is 21.2 Å². The molecule has 0 spiro atoms. The third-order valence-corrected chi connectivity index (χ3v) is 6.04. The monoisotopic (exact) mass is 458 g/mol. The fourth-order valence-corrected chi connectivity index (χ4v) is 3.93. The highest BCUT2D eigenvalue weighted by molar-refractivity contribution is 6.09. The molecule has 0 aromatic heterocycles. The van der Waals surface area contributed by atoms with E-state index in [2.05, 4.69) is 10.6 Å². The van der Waals surface area contributed by atoms with E-state index in [1.165, 1.54) is 11.9 Å². The smallest absolute Gasteiger partial charge is 0.325 e. The van der Waals surface area contributed by atoms with Gasteiger partial charge in [-0.3, -0.25) is 19.3 Å². The van der Waals surface area contributed by atoms with Crippen molar-refractivity contribution in [2.45, 2.75) is 19.4 Å². The van der Waals surface area contributed by atoms with E-state index in [1.54, 1.807) is 25.1 Å². The Morgan fingerprint density at radius 3 is 2.38 bits per heavy atom. The number of benzene rings is 3. The molecule has 174 valence electrons. The summed E-state index contributed by atoms with van der Waals surface area (Å²) in [6.07, 6.45) is 0. The zero-order chi connectivity index (χ0) is 24.5. The van der Waals surface area contributed by atoms with Crippen LogP contribution in [0, 0.1) is 6.92 Å². The lowest BCUT2D eigenvalue weighted by Gasteiger charge is -2.23. The first kappa shape index (κ1) is 23.0. The van der Waals surface area contributed by atoms with Crippen molar-refractivity contribution in [3.05, 3.63) is 77.9 Å². The minimum Gasteiger partial charge on any atom is -0.335 e. The molecule has 8 heteroatoms. The lowest BCUT2D eigenvalue weighted by atomic mass is 9.90. The number of likely N-dealkylation sites (N-methyl/N-ethyl adjacent to an activating group) is 1. The highest BCUT2D eigenvalue weighted by Crippen LogP contribution is 2.31. The molecule has 0 radical (unpaired) electrons. The summed E-state index contributed by atoms with van der Waals surface area (Å²) in [4.78, 5) is 53.0. The second kappa shape index (κ2) is 8.97. The van der Waals surface area contributed by atoms with Crippen molar-refractivity contribution >= 4 is 40.2 Å². The average Bonchev–Trinajstić information content (AvgIpc) is 3.04. The number of imide groups is 1. The topological polar surface area (TPSA) is 98.8 Å². The number of urea groups is 1. The standard InChI is InChI=1S/C26H26N4O4/c1-17-8-12-21(13-9-17)27-22(31)15-29(3)23(32)16-30-24(33)26(2,28-25(30)34)20-11-10-18-6-4-5-7-19(18)14-20/h4-14H,15-16H2,1-3H3,(H,27,31)(H,28,34). The number of carbonyl (C=O) groups excluding carboxylic acids is 4. The molecule has 1 heterocycles. The van der Waals surface area contributed by atoms with Crippen molar-refractivity contribution in [1.82, 2.24) is 15.1 Å². The third-order valence-electron chi connectivity index (χ3n) is 6.04. The van der Waals surface area contributed by atoms with Gasteiger partial charge in [0.25, 0.3) is 5.91 Å². The molecule has 1 atom stereocenters. The number of hydrogen-bond acceptors (Lipinski definition) is 4. The fraction of sp³-hybridized carbons (Fsp3) is 0.231. The summed E-state index contributed by atoms with van der Waals surface area (Å²) in [6.45, 7) is 2.90. The Labute approximate surface area is 197 Å². The van der Waals surface area contributed by atoms with Gasteiger partial charge in [0, 0.05) is 12.7 Å². The summed E-state index contributed by atoms with van der Waals surface area (Å²) < 4.78 is 0. The Hall–Kier alpha value is -4.20. The van der Waals surface area contributed by atoms with Crippen LogP contribution in [0.3, 0.4) is 0 Å². The molecule has 34 heavy (non-hydrogen) atoms. The maximum absolute atomic E-state index is 13.2. The highest BCUT2D eigenvalue weighted by Gasteiger charge is 2.49. The number of fused-ring (bicyclic) bond motifs is 1. The van der Waals surface area contributed by atoms with Crippen molar-refractivity contribution in [1.29, 1.82) is 0 Å². The number of aryl methyl sites for hydroxylation is 1. The van der Waals surface area contributed by atoms with Crippen molar-refractivity contribution < 1.29 is 19.2 Å². The second-order valence-corrected chi connectivity index (χ2v) is 8.67. The molecule has 0 bridgehead atoms. The Bertz CT molecular complexity index is 1290. The quantitative estimate of drug-likeness (QED) is 0.555. The van der Waals surface area contributed by atoms with Crippen LogP contribution in [0.4, 0.5) is 10.5 Å². The van der Waals surface area contributed by atoms with Crippen LogP contribution in [0.25, 0.3) is 10.8 Å². The van der Waals surface area contributed by atoms with Gasteiger partial charge >= 0.3 is 6.03 Å². The maximum atomic E-state index is 13.2. The predicted molar refractivity (Wildman–Crippen MR) is 129 cm³/mol. The van der Waals surface area contributed by atoms with E-state index >= 15 is 0 Å². The Balaban J connectivity index is 1.42. The van der Waals surface area contributed by atoms with Crippen LogP contribution in [0.15, 0.2) is 66.7 Å². The number of amides is 5. The lowest BCUT2D eigenvalue weighted by Crippen LogP contribution is -2.45. The van der Waals surface area contributed by atoms with E-state index in [9.17, 15) is 19.2 Å². The second-order valence-electron chi connectivity index (χ2n) is 8.67. The summed E-state index contributed by atoms with van der Waals surface area (Å²) in [5.41, 5.74) is 1.03. The van der Waals surface area contributed by atoms with Crippen LogP contribution in [-0.4, -0.2) is 53.7 Å². The molecule has 0 aliphatic carbocycles. The minimum absolute atomic E-state index is 0.210. The van der Waals surface area contributed by atoms with Gasteiger partial charge in [-0.25, -0.2) is 4.79 Å². The molecule has 2 N–H and O–H groups in total. The molecule has 1 aliphatic heterocycles. The molecule has 3 aromatic carbocycles. The van der Waals surface area contributed by atoms with Gasteiger partial charge in [0.15, 0.2) is 0 Å².